The van der Waals surface area contributed by atoms with E-state index in [0.717, 1.165) is 9.37 Å². The third-order valence-corrected chi connectivity index (χ3v) is 6.77. The molecule has 158 valence electrons. The van der Waals surface area contributed by atoms with Crippen LogP contribution in [-0.4, -0.2) is 28.7 Å². The summed E-state index contributed by atoms with van der Waals surface area (Å²) in [5.74, 6) is -2.08. The molecule has 0 spiro atoms. The minimum absolute atomic E-state index is 0.0325. The van der Waals surface area contributed by atoms with Crippen LogP contribution in [0.5, 0.6) is 5.75 Å². The molecule has 1 heterocycles. The molecule has 0 N–H and O–H groups in total. The highest BCUT2D eigenvalue weighted by molar-refractivity contribution is 9.10. The molecule has 0 aromatic heterocycles. The SMILES string of the molecule is CC(C)C[C@H](C(=O)Oc1ccc(Br)cc1)N1C(=O)c2c(Cl)c(Cl)c(Cl)c(Cl)c2C1=O. The lowest BCUT2D eigenvalue weighted by Crippen LogP contribution is -2.47. The first-order valence-electron chi connectivity index (χ1n) is 8.75. The Morgan fingerprint density at radius 3 is 1.83 bits per heavy atom. The fourth-order valence-corrected chi connectivity index (χ4v) is 4.37. The molecule has 0 aliphatic carbocycles. The minimum atomic E-state index is -1.19. The zero-order valence-corrected chi connectivity index (χ0v) is 20.3. The predicted molar refractivity (Wildman–Crippen MR) is 120 cm³/mol. The first-order valence-corrected chi connectivity index (χ1v) is 11.1. The number of hydrogen-bond donors (Lipinski definition) is 0. The Morgan fingerprint density at radius 2 is 1.40 bits per heavy atom. The Kier molecular flexibility index (Phi) is 7.04. The maximum Gasteiger partial charge on any atom is 0.334 e. The maximum absolute atomic E-state index is 13.1. The van der Waals surface area contributed by atoms with Crippen LogP contribution in [0.1, 0.15) is 41.0 Å². The molecule has 0 radical (unpaired) electrons. The highest BCUT2D eigenvalue weighted by Crippen LogP contribution is 2.45. The van der Waals surface area contributed by atoms with Crippen molar-refractivity contribution < 1.29 is 19.1 Å². The number of fused-ring (bicyclic) bond motifs is 1. The molecule has 5 nitrogen and oxygen atoms in total. The summed E-state index contributed by atoms with van der Waals surface area (Å²) in [4.78, 5) is 40.0. The summed E-state index contributed by atoms with van der Waals surface area (Å²) in [5, 5.41) is -0.649. The van der Waals surface area contributed by atoms with Crippen LogP contribution in [-0.2, 0) is 4.79 Å². The van der Waals surface area contributed by atoms with Gasteiger partial charge < -0.3 is 4.74 Å². The first kappa shape index (κ1) is 23.4. The molecular formula is C20H14BrCl4NO4. The normalized spacial score (nSPS) is 14.3. The lowest BCUT2D eigenvalue weighted by Gasteiger charge is -2.26. The Balaban J connectivity index is 2.02. The number of ether oxygens (including phenoxy) is 1. The standard InChI is InChI=1S/C20H14BrCl4NO4/c1-8(2)7-11(20(29)30-10-5-3-9(21)4-6-10)26-18(27)12-13(19(26)28)15(23)17(25)16(24)14(12)22/h3-6,8,11H,7H2,1-2H3/t11-/m1/s1. The van der Waals surface area contributed by atoms with E-state index in [1.165, 1.54) is 0 Å². The number of amides is 2. The molecule has 1 aliphatic rings. The van der Waals surface area contributed by atoms with Gasteiger partial charge in [0.15, 0.2) is 0 Å². The van der Waals surface area contributed by atoms with Crippen molar-refractivity contribution in [3.05, 3.63) is 60.0 Å². The van der Waals surface area contributed by atoms with E-state index >= 15 is 0 Å². The van der Waals surface area contributed by atoms with Gasteiger partial charge in [0.25, 0.3) is 11.8 Å². The van der Waals surface area contributed by atoms with Crippen molar-refractivity contribution in [2.45, 2.75) is 26.3 Å². The summed E-state index contributed by atoms with van der Waals surface area (Å²) in [5.41, 5.74) is -0.350. The zero-order chi connectivity index (χ0) is 22.3. The van der Waals surface area contributed by atoms with Crippen molar-refractivity contribution in [1.29, 1.82) is 0 Å². The summed E-state index contributed by atoms with van der Waals surface area (Å²) in [6, 6.07) is 5.39. The van der Waals surface area contributed by atoms with Crippen molar-refractivity contribution in [3.63, 3.8) is 0 Å². The van der Waals surface area contributed by atoms with Gasteiger partial charge >= 0.3 is 5.97 Å². The number of carbonyl (C=O) groups excluding carboxylic acids is 3. The van der Waals surface area contributed by atoms with Gasteiger partial charge in [-0.3, -0.25) is 14.5 Å². The highest BCUT2D eigenvalue weighted by atomic mass is 79.9. The van der Waals surface area contributed by atoms with Crippen LogP contribution >= 0.6 is 62.3 Å². The second kappa shape index (κ2) is 9.05. The third kappa shape index (κ3) is 4.21. The lowest BCUT2D eigenvalue weighted by atomic mass is 10.0. The summed E-state index contributed by atoms with van der Waals surface area (Å²) < 4.78 is 6.23. The molecule has 0 saturated heterocycles. The molecule has 1 aliphatic heterocycles. The van der Waals surface area contributed by atoms with E-state index in [4.69, 9.17) is 51.1 Å². The number of esters is 1. The van der Waals surface area contributed by atoms with E-state index < -0.39 is 23.8 Å². The van der Waals surface area contributed by atoms with Gasteiger partial charge in [-0.2, -0.15) is 0 Å². The van der Waals surface area contributed by atoms with Crippen molar-refractivity contribution in [2.75, 3.05) is 0 Å². The van der Waals surface area contributed by atoms with Gasteiger partial charge in [-0.25, -0.2) is 4.79 Å². The van der Waals surface area contributed by atoms with E-state index in [1.54, 1.807) is 24.3 Å². The van der Waals surface area contributed by atoms with E-state index in [-0.39, 0.29) is 49.3 Å². The number of hydrogen-bond acceptors (Lipinski definition) is 4. The van der Waals surface area contributed by atoms with Crippen LogP contribution in [0.3, 0.4) is 0 Å². The Labute approximate surface area is 201 Å². The first-order chi connectivity index (χ1) is 14.0. The number of nitrogens with zero attached hydrogens (tertiary/aromatic N) is 1. The largest absolute Gasteiger partial charge is 0.425 e. The van der Waals surface area contributed by atoms with E-state index in [1.807, 2.05) is 13.8 Å². The number of imide groups is 1. The topological polar surface area (TPSA) is 63.7 Å². The second-order valence-corrected chi connectivity index (χ2v) is 9.43. The average Bonchev–Trinajstić information content (AvgIpc) is 2.95. The summed E-state index contributed by atoms with van der Waals surface area (Å²) >= 11 is 27.8. The molecule has 10 heteroatoms. The molecular weight excluding hydrogens is 540 g/mol. The summed E-state index contributed by atoms with van der Waals surface area (Å²) in [6.45, 7) is 3.71. The minimum Gasteiger partial charge on any atom is -0.425 e. The zero-order valence-electron chi connectivity index (χ0n) is 15.6. The highest BCUT2D eigenvalue weighted by Gasteiger charge is 2.47. The number of halogens is 5. The fraction of sp³-hybridized carbons (Fsp3) is 0.250. The van der Waals surface area contributed by atoms with E-state index in [0.29, 0.717) is 0 Å². The molecule has 2 amide bonds. The number of carbonyl (C=O) groups is 3. The smallest absolute Gasteiger partial charge is 0.334 e. The van der Waals surface area contributed by atoms with Crippen molar-refractivity contribution >= 4 is 80.1 Å². The van der Waals surface area contributed by atoms with Crippen molar-refractivity contribution in [2.24, 2.45) is 5.92 Å². The van der Waals surface area contributed by atoms with Crippen LogP contribution in [0.2, 0.25) is 20.1 Å². The monoisotopic (exact) mass is 551 g/mol. The summed E-state index contributed by atoms with van der Waals surface area (Å²) in [6.07, 6.45) is 0.178. The summed E-state index contributed by atoms with van der Waals surface area (Å²) in [7, 11) is 0. The average molecular weight is 554 g/mol. The molecule has 0 fully saturated rings. The lowest BCUT2D eigenvalue weighted by molar-refractivity contribution is -0.139. The van der Waals surface area contributed by atoms with Crippen LogP contribution in [0.4, 0.5) is 0 Å². The van der Waals surface area contributed by atoms with Gasteiger partial charge in [-0.05, 0) is 36.6 Å². The molecule has 1 atom stereocenters. The van der Waals surface area contributed by atoms with Crippen molar-refractivity contribution in [1.82, 2.24) is 4.90 Å². The molecule has 0 unspecified atom stereocenters. The molecule has 30 heavy (non-hydrogen) atoms. The third-order valence-electron chi connectivity index (χ3n) is 4.44. The van der Waals surface area contributed by atoms with Gasteiger partial charge in [0.1, 0.15) is 11.8 Å². The molecule has 2 aromatic rings. The molecule has 2 aromatic carbocycles. The Morgan fingerprint density at radius 1 is 0.933 bits per heavy atom. The fourth-order valence-electron chi connectivity index (χ4n) is 3.09. The van der Waals surface area contributed by atoms with E-state index in [9.17, 15) is 14.4 Å². The molecule has 0 saturated carbocycles. The van der Waals surface area contributed by atoms with Gasteiger partial charge in [-0.15, -0.1) is 0 Å². The van der Waals surface area contributed by atoms with Gasteiger partial charge in [0.2, 0.25) is 0 Å². The second-order valence-electron chi connectivity index (χ2n) is 7.01. The van der Waals surface area contributed by atoms with Crippen LogP contribution < -0.4 is 4.74 Å². The van der Waals surface area contributed by atoms with Gasteiger partial charge in [-0.1, -0.05) is 76.2 Å². The van der Waals surface area contributed by atoms with Crippen LogP contribution in [0.15, 0.2) is 28.7 Å². The quantitative estimate of drug-likeness (QED) is 0.136. The predicted octanol–water partition coefficient (Wildman–Crippen LogP) is 6.68. The number of rotatable bonds is 5. The maximum atomic E-state index is 13.1. The van der Waals surface area contributed by atoms with Crippen molar-refractivity contribution in [3.8, 4) is 5.75 Å². The van der Waals surface area contributed by atoms with Crippen LogP contribution in [0.25, 0.3) is 0 Å². The Bertz CT molecular complexity index is 1010. The van der Waals surface area contributed by atoms with Gasteiger partial charge in [0, 0.05) is 4.47 Å². The molecule has 3 rings (SSSR count). The van der Waals surface area contributed by atoms with E-state index in [2.05, 4.69) is 15.9 Å². The van der Waals surface area contributed by atoms with Crippen LogP contribution in [0, 0.1) is 5.92 Å². The van der Waals surface area contributed by atoms with Gasteiger partial charge in [0.05, 0.1) is 31.2 Å². The molecule has 0 bridgehead atoms. The number of benzene rings is 2. The Hall–Kier alpha value is -1.31.